The average Bonchev–Trinajstić information content (AvgIpc) is 2.26. The Morgan fingerprint density at radius 1 is 1.59 bits per heavy atom. The third-order valence-corrected chi connectivity index (χ3v) is 3.33. The van der Waals surface area contributed by atoms with Crippen LogP contribution in [0.5, 0.6) is 0 Å². The van der Waals surface area contributed by atoms with Gasteiger partial charge in [0.25, 0.3) is 0 Å². The highest BCUT2D eigenvalue weighted by Gasteiger charge is 2.11. The van der Waals surface area contributed by atoms with E-state index in [1.807, 2.05) is 6.92 Å². The summed E-state index contributed by atoms with van der Waals surface area (Å²) in [4.78, 5) is 10.6. The van der Waals surface area contributed by atoms with Crippen molar-refractivity contribution < 1.29 is 14.3 Å². The zero-order valence-corrected chi connectivity index (χ0v) is 10.7. The Balaban J connectivity index is 2.67. The lowest BCUT2D eigenvalue weighted by Gasteiger charge is -2.14. The topological polar surface area (TPSA) is 49.3 Å². The molecule has 0 amide bonds. The second-order valence-corrected chi connectivity index (χ2v) is 5.02. The lowest BCUT2D eigenvalue weighted by Crippen LogP contribution is -2.18. The van der Waals surface area contributed by atoms with Crippen molar-refractivity contribution in [2.75, 3.05) is 16.8 Å². The number of halogens is 1. The molecular weight excluding hydrogens is 241 g/mol. The zero-order chi connectivity index (χ0) is 12.8. The molecule has 0 aliphatic rings. The molecule has 0 aliphatic heterocycles. The van der Waals surface area contributed by atoms with Gasteiger partial charge in [0.1, 0.15) is 5.82 Å². The summed E-state index contributed by atoms with van der Waals surface area (Å²) in [5.41, 5.74) is 0.308. The number of hydrogen-bond donors (Lipinski definition) is 2. The number of carboxylic acid groups (broad SMARTS) is 1. The second kappa shape index (κ2) is 6.49. The van der Waals surface area contributed by atoms with Crippen LogP contribution >= 0.6 is 11.8 Å². The van der Waals surface area contributed by atoms with Crippen molar-refractivity contribution in [1.29, 1.82) is 0 Å². The Kier molecular flexibility index (Phi) is 5.28. The molecule has 0 saturated carbocycles. The van der Waals surface area contributed by atoms with Gasteiger partial charge in [0.2, 0.25) is 0 Å². The Bertz CT molecular complexity index is 398. The highest BCUT2D eigenvalue weighted by Crippen LogP contribution is 2.16. The molecule has 0 aromatic heterocycles. The van der Waals surface area contributed by atoms with Gasteiger partial charge in [0, 0.05) is 17.5 Å². The fourth-order valence-electron chi connectivity index (χ4n) is 1.40. The van der Waals surface area contributed by atoms with Gasteiger partial charge in [0.15, 0.2) is 0 Å². The first-order chi connectivity index (χ1) is 8.04. The molecule has 1 unspecified atom stereocenters. The van der Waals surface area contributed by atoms with E-state index in [-0.39, 0.29) is 11.6 Å². The van der Waals surface area contributed by atoms with Gasteiger partial charge in [-0.3, -0.25) is 0 Å². The monoisotopic (exact) mass is 257 g/mol. The van der Waals surface area contributed by atoms with Gasteiger partial charge in [-0.05, 0) is 30.9 Å². The van der Waals surface area contributed by atoms with E-state index >= 15 is 0 Å². The maximum atomic E-state index is 13.4. The lowest BCUT2D eigenvalue weighted by atomic mass is 10.2. The summed E-state index contributed by atoms with van der Waals surface area (Å²) in [6.45, 7) is 4.09. The molecule has 0 radical (unpaired) electrons. The van der Waals surface area contributed by atoms with Crippen LogP contribution in [0.3, 0.4) is 0 Å². The molecule has 1 atom stereocenters. The van der Waals surface area contributed by atoms with Gasteiger partial charge < -0.3 is 10.4 Å². The molecule has 1 aromatic carbocycles. The first kappa shape index (κ1) is 13.8. The number of benzene rings is 1. The number of hydrogen-bond acceptors (Lipinski definition) is 3. The minimum absolute atomic E-state index is 0.218. The number of aromatic carboxylic acids is 1. The summed E-state index contributed by atoms with van der Waals surface area (Å²) in [5, 5.41) is 11.8. The first-order valence-electron chi connectivity index (χ1n) is 5.41. The normalized spacial score (nSPS) is 12.2. The largest absolute Gasteiger partial charge is 0.478 e. The van der Waals surface area contributed by atoms with Crippen molar-refractivity contribution in [2.24, 2.45) is 0 Å². The van der Waals surface area contributed by atoms with E-state index in [1.54, 1.807) is 17.8 Å². The number of carboxylic acids is 1. The number of carbonyl (C=O) groups is 1. The van der Waals surface area contributed by atoms with Crippen molar-refractivity contribution in [3.63, 3.8) is 0 Å². The van der Waals surface area contributed by atoms with Crippen LogP contribution < -0.4 is 5.32 Å². The minimum atomic E-state index is -1.25. The average molecular weight is 257 g/mol. The molecule has 0 saturated heterocycles. The number of rotatable bonds is 6. The van der Waals surface area contributed by atoms with E-state index in [1.165, 1.54) is 12.1 Å². The van der Waals surface area contributed by atoms with Crippen LogP contribution in [0.15, 0.2) is 18.2 Å². The summed E-state index contributed by atoms with van der Waals surface area (Å²) >= 11 is 1.80. The minimum Gasteiger partial charge on any atom is -0.478 e. The number of nitrogens with one attached hydrogen (secondary N) is 1. The van der Waals surface area contributed by atoms with Crippen molar-refractivity contribution in [1.82, 2.24) is 0 Å². The summed E-state index contributed by atoms with van der Waals surface area (Å²) in [5.74, 6) is 0.0124. The van der Waals surface area contributed by atoms with Gasteiger partial charge in [-0.25, -0.2) is 9.18 Å². The van der Waals surface area contributed by atoms with Gasteiger partial charge in [-0.1, -0.05) is 6.92 Å². The van der Waals surface area contributed by atoms with Crippen molar-refractivity contribution in [3.8, 4) is 0 Å². The van der Waals surface area contributed by atoms with Crippen molar-refractivity contribution in [2.45, 2.75) is 19.9 Å². The van der Waals surface area contributed by atoms with Gasteiger partial charge >= 0.3 is 5.97 Å². The SMILES string of the molecule is CCSCC(C)Nc1ccc(C(=O)O)c(F)c1. The zero-order valence-electron chi connectivity index (χ0n) is 9.87. The van der Waals surface area contributed by atoms with E-state index in [2.05, 4.69) is 12.2 Å². The maximum absolute atomic E-state index is 13.4. The van der Waals surface area contributed by atoms with Gasteiger partial charge in [-0.15, -0.1) is 0 Å². The van der Waals surface area contributed by atoms with Crippen LogP contribution in [0.25, 0.3) is 0 Å². The maximum Gasteiger partial charge on any atom is 0.338 e. The summed E-state index contributed by atoms with van der Waals surface area (Å²) < 4.78 is 13.4. The Labute approximate surface area is 104 Å². The van der Waals surface area contributed by atoms with E-state index < -0.39 is 11.8 Å². The molecule has 2 N–H and O–H groups in total. The molecule has 0 aliphatic carbocycles. The summed E-state index contributed by atoms with van der Waals surface area (Å²) in [6.07, 6.45) is 0. The first-order valence-corrected chi connectivity index (χ1v) is 6.57. The highest BCUT2D eigenvalue weighted by molar-refractivity contribution is 7.99. The van der Waals surface area contributed by atoms with Crippen LogP contribution in [0, 0.1) is 5.82 Å². The van der Waals surface area contributed by atoms with Crippen LogP contribution in [0.2, 0.25) is 0 Å². The molecule has 5 heteroatoms. The number of anilines is 1. The van der Waals surface area contributed by atoms with E-state index in [9.17, 15) is 9.18 Å². The molecule has 17 heavy (non-hydrogen) atoms. The molecule has 94 valence electrons. The predicted molar refractivity (Wildman–Crippen MR) is 69.4 cm³/mol. The second-order valence-electron chi connectivity index (χ2n) is 3.70. The fourth-order valence-corrected chi connectivity index (χ4v) is 2.07. The third kappa shape index (κ3) is 4.26. The predicted octanol–water partition coefficient (Wildman–Crippen LogP) is 3.08. The summed E-state index contributed by atoms with van der Waals surface area (Å²) in [7, 11) is 0. The quantitative estimate of drug-likeness (QED) is 0.822. The summed E-state index contributed by atoms with van der Waals surface area (Å²) in [6, 6.07) is 4.30. The van der Waals surface area contributed by atoms with Crippen LogP contribution in [0.4, 0.5) is 10.1 Å². The standard InChI is InChI=1S/C12H16FNO2S/c1-3-17-7-8(2)14-9-4-5-10(12(15)16)11(13)6-9/h4-6,8,14H,3,7H2,1-2H3,(H,15,16). The lowest BCUT2D eigenvalue weighted by molar-refractivity contribution is 0.0692. The molecule has 1 aromatic rings. The molecule has 3 nitrogen and oxygen atoms in total. The van der Waals surface area contributed by atoms with E-state index in [0.29, 0.717) is 5.69 Å². The van der Waals surface area contributed by atoms with Crippen LogP contribution in [0.1, 0.15) is 24.2 Å². The van der Waals surface area contributed by atoms with E-state index in [0.717, 1.165) is 11.5 Å². The number of thioether (sulfide) groups is 1. The molecule has 0 bridgehead atoms. The van der Waals surface area contributed by atoms with Crippen molar-refractivity contribution >= 4 is 23.4 Å². The Morgan fingerprint density at radius 2 is 2.29 bits per heavy atom. The van der Waals surface area contributed by atoms with Crippen LogP contribution in [-0.2, 0) is 0 Å². The van der Waals surface area contributed by atoms with E-state index in [4.69, 9.17) is 5.11 Å². The molecule has 0 spiro atoms. The smallest absolute Gasteiger partial charge is 0.338 e. The Hall–Kier alpha value is -1.23. The molecular formula is C12H16FNO2S. The molecule has 0 fully saturated rings. The van der Waals surface area contributed by atoms with Gasteiger partial charge in [-0.2, -0.15) is 11.8 Å². The highest BCUT2D eigenvalue weighted by atomic mass is 32.2. The molecule has 1 rings (SSSR count). The van der Waals surface area contributed by atoms with Crippen molar-refractivity contribution in [3.05, 3.63) is 29.6 Å². The Morgan fingerprint density at radius 3 is 2.82 bits per heavy atom. The third-order valence-electron chi connectivity index (χ3n) is 2.18. The molecule has 0 heterocycles. The fraction of sp³-hybridized carbons (Fsp3) is 0.417. The van der Waals surface area contributed by atoms with Crippen LogP contribution in [-0.4, -0.2) is 28.6 Å². The van der Waals surface area contributed by atoms with Gasteiger partial charge in [0.05, 0.1) is 5.56 Å².